The number of ether oxygens (including phenoxy) is 2. The predicted molar refractivity (Wildman–Crippen MR) is 97.8 cm³/mol. The molecule has 0 N–H and O–H groups in total. The van der Waals surface area contributed by atoms with E-state index in [-0.39, 0.29) is 5.97 Å². The molecule has 0 fully saturated rings. The molecular weight excluding hydrogens is 314 g/mol. The molecule has 4 heteroatoms. The third-order valence-electron chi connectivity index (χ3n) is 4.40. The van der Waals surface area contributed by atoms with Crippen LogP contribution in [0.2, 0.25) is 0 Å². The van der Waals surface area contributed by atoms with Gasteiger partial charge in [0.05, 0.1) is 13.5 Å². The summed E-state index contributed by atoms with van der Waals surface area (Å²) in [7, 11) is 1.61. The maximum Gasteiger partial charge on any atom is 0.310 e. The number of hydrogen-bond donors (Lipinski definition) is 0. The minimum atomic E-state index is -0.477. The second kappa shape index (κ2) is 6.87. The summed E-state index contributed by atoms with van der Waals surface area (Å²) in [5.41, 5.74) is 5.34. The first kappa shape index (κ1) is 17.5. The van der Waals surface area contributed by atoms with Crippen molar-refractivity contribution in [2.75, 3.05) is 7.11 Å². The Balaban J connectivity index is 2.02. The molecule has 1 aromatic heterocycles. The molecule has 1 aliphatic carbocycles. The van der Waals surface area contributed by atoms with Crippen LogP contribution >= 0.6 is 0 Å². The first-order valence-corrected chi connectivity index (χ1v) is 8.73. The van der Waals surface area contributed by atoms with E-state index in [0.717, 1.165) is 36.0 Å². The highest BCUT2D eigenvalue weighted by molar-refractivity contribution is 5.80. The lowest BCUT2D eigenvalue weighted by Crippen LogP contribution is -2.25. The molecule has 3 rings (SSSR count). The standard InChI is InChI=1S/C21H25NO3/c1-21(2,3)25-20(23)13-18-16-7-5-6-14(16)8-9-17(18)15-10-11-22-19(12-15)24-4/h8-12H,5-7,13H2,1-4H3. The van der Waals surface area contributed by atoms with Gasteiger partial charge in [0.1, 0.15) is 5.60 Å². The number of benzene rings is 1. The zero-order chi connectivity index (χ0) is 18.0. The van der Waals surface area contributed by atoms with Crippen LogP contribution in [0.15, 0.2) is 30.5 Å². The van der Waals surface area contributed by atoms with Crippen LogP contribution in [0.3, 0.4) is 0 Å². The van der Waals surface area contributed by atoms with Crippen molar-refractivity contribution < 1.29 is 14.3 Å². The van der Waals surface area contributed by atoms with Gasteiger partial charge in [-0.2, -0.15) is 0 Å². The first-order chi connectivity index (χ1) is 11.9. The van der Waals surface area contributed by atoms with Gasteiger partial charge in [0.25, 0.3) is 0 Å². The first-order valence-electron chi connectivity index (χ1n) is 8.73. The molecule has 0 radical (unpaired) electrons. The van der Waals surface area contributed by atoms with Gasteiger partial charge in [-0.1, -0.05) is 12.1 Å². The quantitative estimate of drug-likeness (QED) is 0.786. The summed E-state index contributed by atoms with van der Waals surface area (Å²) in [6, 6.07) is 8.16. The fraction of sp³-hybridized carbons (Fsp3) is 0.429. The van der Waals surface area contributed by atoms with Crippen molar-refractivity contribution in [1.29, 1.82) is 0 Å². The lowest BCUT2D eigenvalue weighted by atomic mass is 9.91. The van der Waals surface area contributed by atoms with Crippen molar-refractivity contribution >= 4 is 5.97 Å². The molecule has 4 nitrogen and oxygen atoms in total. The molecule has 0 unspecified atom stereocenters. The van der Waals surface area contributed by atoms with E-state index >= 15 is 0 Å². The van der Waals surface area contributed by atoms with E-state index in [4.69, 9.17) is 9.47 Å². The van der Waals surface area contributed by atoms with Gasteiger partial charge in [-0.15, -0.1) is 0 Å². The van der Waals surface area contributed by atoms with Crippen molar-refractivity contribution in [2.45, 2.75) is 52.1 Å². The van der Waals surface area contributed by atoms with E-state index in [1.807, 2.05) is 32.9 Å². The summed E-state index contributed by atoms with van der Waals surface area (Å²) >= 11 is 0. The van der Waals surface area contributed by atoms with Gasteiger partial charge in [0.15, 0.2) is 0 Å². The summed E-state index contributed by atoms with van der Waals surface area (Å²) in [4.78, 5) is 16.7. The van der Waals surface area contributed by atoms with Crippen molar-refractivity contribution in [3.05, 3.63) is 47.2 Å². The van der Waals surface area contributed by atoms with Crippen LogP contribution in [0.5, 0.6) is 5.88 Å². The highest BCUT2D eigenvalue weighted by atomic mass is 16.6. The van der Waals surface area contributed by atoms with Crippen LogP contribution < -0.4 is 4.74 Å². The molecule has 0 bridgehead atoms. The van der Waals surface area contributed by atoms with Crippen LogP contribution in [-0.2, 0) is 28.8 Å². The molecule has 0 saturated carbocycles. The van der Waals surface area contributed by atoms with E-state index in [0.29, 0.717) is 12.3 Å². The number of hydrogen-bond acceptors (Lipinski definition) is 4. The summed E-state index contributed by atoms with van der Waals surface area (Å²) in [5, 5.41) is 0. The maximum absolute atomic E-state index is 12.5. The molecule has 0 amide bonds. The molecule has 2 aromatic rings. The van der Waals surface area contributed by atoms with Gasteiger partial charge >= 0.3 is 5.97 Å². The molecule has 25 heavy (non-hydrogen) atoms. The smallest absolute Gasteiger partial charge is 0.310 e. The molecule has 1 aromatic carbocycles. The maximum atomic E-state index is 12.5. The zero-order valence-electron chi connectivity index (χ0n) is 15.4. The highest BCUT2D eigenvalue weighted by Crippen LogP contribution is 2.35. The zero-order valence-corrected chi connectivity index (χ0v) is 15.4. The normalized spacial score (nSPS) is 13.4. The van der Waals surface area contributed by atoms with E-state index in [2.05, 4.69) is 17.1 Å². The van der Waals surface area contributed by atoms with E-state index in [1.165, 1.54) is 11.1 Å². The Kier molecular flexibility index (Phi) is 4.80. The largest absolute Gasteiger partial charge is 0.481 e. The second-order valence-electron chi connectivity index (χ2n) is 7.43. The van der Waals surface area contributed by atoms with E-state index in [9.17, 15) is 4.79 Å². The average Bonchev–Trinajstić information content (AvgIpc) is 3.02. The molecule has 0 atom stereocenters. The van der Waals surface area contributed by atoms with Crippen LogP contribution in [0.25, 0.3) is 11.1 Å². The Hall–Kier alpha value is -2.36. The molecule has 1 heterocycles. The van der Waals surface area contributed by atoms with Crippen molar-refractivity contribution in [3.8, 4) is 17.0 Å². The van der Waals surface area contributed by atoms with Gasteiger partial charge in [-0.25, -0.2) is 4.98 Å². The third kappa shape index (κ3) is 4.01. The van der Waals surface area contributed by atoms with E-state index in [1.54, 1.807) is 13.3 Å². The lowest BCUT2D eigenvalue weighted by Gasteiger charge is -2.21. The number of methoxy groups -OCH3 is 1. The number of esters is 1. The molecule has 1 aliphatic rings. The van der Waals surface area contributed by atoms with Gasteiger partial charge in [0, 0.05) is 12.3 Å². The number of carbonyl (C=O) groups is 1. The molecule has 132 valence electrons. The number of nitrogens with zero attached hydrogens (tertiary/aromatic N) is 1. The van der Waals surface area contributed by atoms with Gasteiger partial charge in [-0.3, -0.25) is 4.79 Å². The van der Waals surface area contributed by atoms with Crippen LogP contribution in [0.1, 0.15) is 43.9 Å². The number of carbonyl (C=O) groups excluding carboxylic acids is 1. The molecular formula is C21H25NO3. The molecule has 0 spiro atoms. The Bertz CT molecular complexity index is 790. The van der Waals surface area contributed by atoms with Gasteiger partial charge < -0.3 is 9.47 Å². The number of aromatic nitrogens is 1. The van der Waals surface area contributed by atoms with Crippen molar-refractivity contribution in [3.63, 3.8) is 0 Å². The lowest BCUT2D eigenvalue weighted by molar-refractivity contribution is -0.153. The Morgan fingerprint density at radius 2 is 2.00 bits per heavy atom. The summed E-state index contributed by atoms with van der Waals surface area (Å²) in [6.07, 6.45) is 5.26. The number of pyridine rings is 1. The SMILES string of the molecule is COc1cc(-c2ccc3c(c2CC(=O)OC(C)(C)C)CCC3)ccn1. The van der Waals surface area contributed by atoms with Crippen LogP contribution in [0, 0.1) is 0 Å². The van der Waals surface area contributed by atoms with Crippen LogP contribution in [-0.4, -0.2) is 23.7 Å². The number of fused-ring (bicyclic) bond motifs is 1. The summed E-state index contributed by atoms with van der Waals surface area (Å²) in [5.74, 6) is 0.385. The Morgan fingerprint density at radius 3 is 2.72 bits per heavy atom. The highest BCUT2D eigenvalue weighted by Gasteiger charge is 2.23. The average molecular weight is 339 g/mol. The summed E-state index contributed by atoms with van der Waals surface area (Å²) < 4.78 is 10.8. The molecule has 0 aliphatic heterocycles. The minimum absolute atomic E-state index is 0.185. The van der Waals surface area contributed by atoms with Crippen molar-refractivity contribution in [1.82, 2.24) is 4.98 Å². The van der Waals surface area contributed by atoms with Gasteiger partial charge in [-0.05, 0) is 73.9 Å². The van der Waals surface area contributed by atoms with Gasteiger partial charge in [0.2, 0.25) is 5.88 Å². The second-order valence-corrected chi connectivity index (χ2v) is 7.43. The molecule has 0 saturated heterocycles. The third-order valence-corrected chi connectivity index (χ3v) is 4.40. The fourth-order valence-corrected chi connectivity index (χ4v) is 3.43. The topological polar surface area (TPSA) is 48.4 Å². The Labute approximate surface area is 149 Å². The number of aryl methyl sites for hydroxylation is 1. The van der Waals surface area contributed by atoms with Crippen molar-refractivity contribution in [2.24, 2.45) is 0 Å². The fourth-order valence-electron chi connectivity index (χ4n) is 3.43. The van der Waals surface area contributed by atoms with Crippen LogP contribution in [0.4, 0.5) is 0 Å². The minimum Gasteiger partial charge on any atom is -0.481 e. The Morgan fingerprint density at radius 1 is 1.20 bits per heavy atom. The number of rotatable bonds is 4. The monoisotopic (exact) mass is 339 g/mol. The predicted octanol–water partition coefficient (Wildman–Crippen LogP) is 4.13. The van der Waals surface area contributed by atoms with E-state index < -0.39 is 5.60 Å². The summed E-state index contributed by atoms with van der Waals surface area (Å²) in [6.45, 7) is 5.69.